The number of rotatable bonds is 15. The molecule has 5 saturated heterocycles. The van der Waals surface area contributed by atoms with Gasteiger partial charge in [0.15, 0.2) is 18.2 Å². The number of amides is 3. The quantitative estimate of drug-likeness (QED) is 0.0735. The highest BCUT2D eigenvalue weighted by Gasteiger charge is 2.65. The van der Waals surface area contributed by atoms with E-state index in [4.69, 9.17) is 54.2 Å². The zero-order valence-electron chi connectivity index (χ0n) is 45.0. The van der Waals surface area contributed by atoms with Crippen LogP contribution in [0.3, 0.4) is 0 Å². The largest absolute Gasteiger partial charge is 0.477 e. The third-order valence-electron chi connectivity index (χ3n) is 15.8. The van der Waals surface area contributed by atoms with Crippen molar-refractivity contribution in [3.8, 4) is 0 Å². The predicted molar refractivity (Wildman–Crippen MR) is 271 cm³/mol. The number of carbonyl (C=O) groups excluding carboxylic acids is 3. The fourth-order valence-electron chi connectivity index (χ4n) is 11.4. The average molecular weight is 1180 g/mol. The Morgan fingerprint density at radius 2 is 1.63 bits per heavy atom. The van der Waals surface area contributed by atoms with Gasteiger partial charge in [-0.25, -0.2) is 9.59 Å². The van der Waals surface area contributed by atoms with Crippen LogP contribution in [0.4, 0.5) is 10.5 Å². The zero-order valence-corrected chi connectivity index (χ0v) is 45.8. The molecule has 15 unspecified atom stereocenters. The van der Waals surface area contributed by atoms with Crippen molar-refractivity contribution in [3.05, 3.63) is 52.1 Å². The Hall–Kier alpha value is -4.13. The SMILES string of the molecule is COC1/C=C/C=C(\C)Cc2cc(CO)c(Cl)c(c2)N([C@H]2O[C@H](CO)C(OC3OC(CO)C(O)C(OC4(C(=O)O)CC(O)C(NC(C)=O)C(C(O)C(O)CO)O4)C3O)C(O)C2O)C(=O)C[C@H](OC)[C@@]2(C)O[C@H]2[C@H](C)[C@@H]2C[C@@]1(O)NC(=O)O2. The number of alkyl carbamates (subject to hydrolysis) is 1. The molecule has 15 N–H and O–H groups in total. The van der Waals surface area contributed by atoms with Crippen molar-refractivity contribution in [2.45, 2.75) is 193 Å². The van der Waals surface area contributed by atoms with E-state index in [9.17, 15) is 80.8 Å². The van der Waals surface area contributed by atoms with E-state index in [2.05, 4.69) is 10.6 Å². The van der Waals surface area contributed by atoms with Crippen LogP contribution in [0, 0.1) is 5.92 Å². The molecule has 0 aromatic heterocycles. The van der Waals surface area contributed by atoms with E-state index in [1.165, 1.54) is 26.4 Å². The van der Waals surface area contributed by atoms with Gasteiger partial charge in [-0.15, -0.1) is 0 Å². The summed E-state index contributed by atoms with van der Waals surface area (Å²) in [5.74, 6) is -7.53. The number of benzene rings is 1. The molecule has 0 radical (unpaired) electrons. The van der Waals surface area contributed by atoms with Gasteiger partial charge in [-0.3, -0.25) is 19.8 Å². The maximum absolute atomic E-state index is 15.2. The summed E-state index contributed by atoms with van der Waals surface area (Å²) >= 11 is 7.01. The number of nitrogens with zero attached hydrogens (tertiary/aromatic N) is 1. The summed E-state index contributed by atoms with van der Waals surface area (Å²) in [5.41, 5.74) is -2.17. The molecule has 456 valence electrons. The molecule has 81 heavy (non-hydrogen) atoms. The monoisotopic (exact) mass is 1180 g/mol. The molecule has 6 heterocycles. The fraction of sp³-hybridized carbons (Fsp3) is 0.725. The molecule has 30 heteroatoms. The molecule has 23 atom stereocenters. The molecule has 0 spiro atoms. The molecule has 5 fully saturated rings. The highest BCUT2D eigenvalue weighted by molar-refractivity contribution is 6.34. The number of nitrogens with one attached hydrogen (secondary N) is 2. The van der Waals surface area contributed by atoms with Crippen molar-refractivity contribution in [1.29, 1.82) is 0 Å². The number of ether oxygens (including phenoxy) is 9. The first-order valence-corrected chi connectivity index (χ1v) is 26.5. The third kappa shape index (κ3) is 13.1. The van der Waals surface area contributed by atoms with Crippen LogP contribution >= 0.6 is 11.6 Å². The van der Waals surface area contributed by atoms with Crippen LogP contribution in [0.5, 0.6) is 0 Å². The van der Waals surface area contributed by atoms with E-state index in [0.29, 0.717) is 11.1 Å². The second-order valence-electron chi connectivity index (χ2n) is 21.4. The number of aliphatic hydroxyl groups excluding tert-OH is 11. The van der Waals surface area contributed by atoms with Crippen molar-refractivity contribution in [3.63, 3.8) is 0 Å². The van der Waals surface area contributed by atoms with Gasteiger partial charge in [-0.2, -0.15) is 0 Å². The minimum Gasteiger partial charge on any atom is -0.477 e. The third-order valence-corrected chi connectivity index (χ3v) is 16.2. The molecule has 6 aliphatic heterocycles. The van der Waals surface area contributed by atoms with Gasteiger partial charge in [0.05, 0.1) is 67.9 Å². The average Bonchev–Trinajstić information content (AvgIpc) is 4.35. The van der Waals surface area contributed by atoms with Gasteiger partial charge in [-0.1, -0.05) is 48.4 Å². The lowest BCUT2D eigenvalue weighted by atomic mass is 9.83. The lowest BCUT2D eigenvalue weighted by Gasteiger charge is -2.51. The number of carboxylic acids is 1. The summed E-state index contributed by atoms with van der Waals surface area (Å²) in [7, 11) is 2.66. The smallest absolute Gasteiger partial charge is 0.409 e. The summed E-state index contributed by atoms with van der Waals surface area (Å²) in [5, 5.41) is 148. The van der Waals surface area contributed by atoms with E-state index in [-0.39, 0.29) is 29.1 Å². The number of aliphatic hydroxyl groups is 12. The number of hydrogen-bond donors (Lipinski definition) is 15. The summed E-state index contributed by atoms with van der Waals surface area (Å²) in [6.07, 6.45) is -31.0. The number of hydrogen-bond acceptors (Lipinski definition) is 25. The van der Waals surface area contributed by atoms with Crippen LogP contribution in [0.15, 0.2) is 35.9 Å². The lowest BCUT2D eigenvalue weighted by Crippen LogP contribution is -2.71. The highest BCUT2D eigenvalue weighted by atomic mass is 35.5. The second kappa shape index (κ2) is 26.0. The van der Waals surface area contributed by atoms with E-state index in [0.717, 1.165) is 11.8 Å². The minimum atomic E-state index is -3.16. The molecule has 0 saturated carbocycles. The lowest BCUT2D eigenvalue weighted by molar-refractivity contribution is -0.381. The van der Waals surface area contributed by atoms with E-state index in [1.807, 2.05) is 0 Å². The molecule has 0 aliphatic carbocycles. The maximum atomic E-state index is 15.2. The molecular weight excluding hydrogens is 1110 g/mol. The molecule has 1 aromatic carbocycles. The van der Waals surface area contributed by atoms with Crippen LogP contribution in [0.2, 0.25) is 5.02 Å². The second-order valence-corrected chi connectivity index (χ2v) is 21.8. The predicted octanol–water partition coefficient (Wildman–Crippen LogP) is -4.58. The van der Waals surface area contributed by atoms with Crippen molar-refractivity contribution in [2.75, 3.05) is 38.9 Å². The zero-order chi connectivity index (χ0) is 59.8. The van der Waals surface area contributed by atoms with Gasteiger partial charge in [0.1, 0.15) is 85.0 Å². The van der Waals surface area contributed by atoms with Crippen LogP contribution in [0.1, 0.15) is 58.1 Å². The van der Waals surface area contributed by atoms with Gasteiger partial charge >= 0.3 is 12.1 Å². The Morgan fingerprint density at radius 1 is 0.938 bits per heavy atom. The van der Waals surface area contributed by atoms with E-state index >= 15 is 4.79 Å². The molecule has 6 aliphatic rings. The van der Waals surface area contributed by atoms with Gasteiger partial charge < -0.3 is 114 Å². The number of halogens is 1. The summed E-state index contributed by atoms with van der Waals surface area (Å²) < 4.78 is 52.8. The van der Waals surface area contributed by atoms with Gasteiger partial charge in [-0.05, 0) is 37.5 Å². The number of epoxide rings is 1. The van der Waals surface area contributed by atoms with Crippen molar-refractivity contribution >= 4 is 41.2 Å². The van der Waals surface area contributed by atoms with Crippen LogP contribution in [-0.4, -0.2) is 258 Å². The Kier molecular flexibility index (Phi) is 20.7. The minimum absolute atomic E-state index is 0.0990. The number of anilines is 1. The number of allylic oxidation sites excluding steroid dienone is 3. The molecule has 29 nitrogen and oxygen atoms in total. The Bertz CT molecular complexity index is 2480. The highest BCUT2D eigenvalue weighted by Crippen LogP contribution is 2.49. The van der Waals surface area contributed by atoms with Gasteiger partial charge in [0.25, 0.3) is 5.79 Å². The Labute approximate surface area is 469 Å². The fourth-order valence-corrected chi connectivity index (χ4v) is 11.6. The topological polar surface area (TPSA) is 445 Å². The van der Waals surface area contributed by atoms with Crippen molar-refractivity contribution in [2.24, 2.45) is 5.92 Å². The summed E-state index contributed by atoms with van der Waals surface area (Å²) in [6, 6.07) is 1.39. The summed E-state index contributed by atoms with van der Waals surface area (Å²) in [6.45, 7) is 2.19. The number of carboxylic acid groups (broad SMARTS) is 1. The first kappa shape index (κ1) is 64.4. The van der Waals surface area contributed by atoms with E-state index in [1.54, 1.807) is 39.0 Å². The first-order valence-electron chi connectivity index (χ1n) is 26.1. The molecular formula is C51H74ClN3O26. The maximum Gasteiger partial charge on any atom is 0.409 e. The van der Waals surface area contributed by atoms with Crippen molar-refractivity contribution in [1.82, 2.24) is 10.6 Å². The molecule has 3 amide bonds. The van der Waals surface area contributed by atoms with Crippen molar-refractivity contribution < 1.29 is 128 Å². The number of carbonyl (C=O) groups is 4. The van der Waals surface area contributed by atoms with Gasteiger partial charge in [0.2, 0.25) is 11.8 Å². The number of aliphatic carboxylic acids is 1. The van der Waals surface area contributed by atoms with Gasteiger partial charge in [0, 0.05) is 39.9 Å². The first-order chi connectivity index (χ1) is 38.2. The summed E-state index contributed by atoms with van der Waals surface area (Å²) in [4.78, 5) is 54.3. The standard InChI is InChI=1S/C51H74ClN3O26/c1-20-8-7-9-31(73-5)50(72)15-28(77-48(71)54-50)21(2)44-49(4,81-44)32(74-6)13-33(63)55(25-12-23(10-20)11-24(16-56)34(25)52)45-39(67)38(66)41(30(19-59)75-45)78-46-40(68)43(37(65)29(18-58)76-46)80-51(47(69)70)14-26(61)35(53-22(3)60)42(79-51)36(64)27(62)17-57/h7-9,11-12,21,26-32,35-46,56-59,61-62,64-68,72H,10,13-19H2,1-6H3,(H,53,60)(H,54,71)(H,69,70)/b9-7+,20-8+/t21-,26?,27?,28+,29?,30-,31?,32+,35?,36?,37?,38?,39?,40?,41?,42?,43?,44+,45+,46?,49-,50+,51?/m1/s1. The number of methoxy groups -OCH3 is 2. The number of fused-ring (bicyclic) bond motifs is 5. The Morgan fingerprint density at radius 3 is 2.23 bits per heavy atom. The van der Waals surface area contributed by atoms with Crippen LogP contribution in [0.25, 0.3) is 0 Å². The molecule has 7 rings (SSSR count). The Balaban J connectivity index is 1.23. The van der Waals surface area contributed by atoms with Crippen LogP contribution in [-0.2, 0) is 70.0 Å². The normalized spacial score (nSPS) is 42.3. The van der Waals surface area contributed by atoms with E-state index < -0.39 is 202 Å². The van der Waals surface area contributed by atoms with Crippen LogP contribution < -0.4 is 15.5 Å². The molecule has 4 bridgehead atoms. The molecule has 1 aromatic rings.